The van der Waals surface area contributed by atoms with Crippen molar-refractivity contribution in [3.63, 3.8) is 0 Å². The molecule has 0 saturated carbocycles. The number of hydrogen-bond acceptors (Lipinski definition) is 7. The predicted molar refractivity (Wildman–Crippen MR) is 106 cm³/mol. The van der Waals surface area contributed by atoms with Crippen molar-refractivity contribution in [3.8, 4) is 11.9 Å². The highest BCUT2D eigenvalue weighted by Gasteiger charge is 2.38. The van der Waals surface area contributed by atoms with Gasteiger partial charge in [0.15, 0.2) is 11.5 Å². The molecule has 2 aliphatic rings. The maximum absolute atomic E-state index is 10.2. The molecule has 9 nitrogen and oxygen atoms in total. The minimum absolute atomic E-state index is 0.206. The monoisotopic (exact) mass is 393 g/mol. The van der Waals surface area contributed by atoms with Gasteiger partial charge in [-0.1, -0.05) is 0 Å². The number of fused-ring (bicyclic) bond motifs is 1. The van der Waals surface area contributed by atoms with E-state index in [4.69, 9.17) is 14.5 Å². The van der Waals surface area contributed by atoms with Gasteiger partial charge in [-0.25, -0.2) is 4.98 Å². The zero-order valence-corrected chi connectivity index (χ0v) is 16.3. The SMILES string of the molecule is C[C@@H]1COCCN1c1cc(C2(C#N)CCOCC2)c2cnn(-c3ccn[nH]3)c2n1. The molecule has 2 aliphatic heterocycles. The minimum Gasteiger partial charge on any atom is -0.381 e. The summed E-state index contributed by atoms with van der Waals surface area (Å²) in [6, 6.07) is 6.74. The molecule has 0 bridgehead atoms. The lowest BCUT2D eigenvalue weighted by Gasteiger charge is -2.36. The van der Waals surface area contributed by atoms with E-state index in [9.17, 15) is 5.26 Å². The third kappa shape index (κ3) is 2.96. The van der Waals surface area contributed by atoms with E-state index in [-0.39, 0.29) is 6.04 Å². The van der Waals surface area contributed by atoms with Gasteiger partial charge < -0.3 is 14.4 Å². The molecule has 1 atom stereocenters. The molecule has 0 spiro atoms. The molecule has 3 aromatic rings. The van der Waals surface area contributed by atoms with Crippen molar-refractivity contribution in [3.05, 3.63) is 30.1 Å². The Labute approximate surface area is 168 Å². The number of anilines is 1. The summed E-state index contributed by atoms with van der Waals surface area (Å²) in [5.41, 5.74) is 1.10. The summed E-state index contributed by atoms with van der Waals surface area (Å²) in [7, 11) is 0. The number of pyridine rings is 1. The first-order chi connectivity index (χ1) is 14.2. The molecule has 0 unspecified atom stereocenters. The average Bonchev–Trinajstić information content (AvgIpc) is 3.43. The molecule has 5 heterocycles. The van der Waals surface area contributed by atoms with Gasteiger partial charge in [-0.2, -0.15) is 20.1 Å². The zero-order valence-electron chi connectivity index (χ0n) is 16.3. The normalized spacial score (nSPS) is 21.9. The van der Waals surface area contributed by atoms with Gasteiger partial charge in [0.2, 0.25) is 0 Å². The number of aromatic nitrogens is 5. The van der Waals surface area contributed by atoms with Crippen LogP contribution in [0.4, 0.5) is 5.82 Å². The molecule has 9 heteroatoms. The Kier molecular flexibility index (Phi) is 4.45. The fourth-order valence-corrected chi connectivity index (χ4v) is 4.30. The lowest BCUT2D eigenvalue weighted by atomic mass is 9.74. The summed E-state index contributed by atoms with van der Waals surface area (Å²) in [6.45, 7) is 5.37. The van der Waals surface area contributed by atoms with E-state index in [0.29, 0.717) is 39.3 Å². The summed E-state index contributed by atoms with van der Waals surface area (Å²) in [5, 5.41) is 22.7. The van der Waals surface area contributed by atoms with Crippen molar-refractivity contribution in [2.45, 2.75) is 31.2 Å². The number of nitrogens with one attached hydrogen (secondary N) is 1. The predicted octanol–water partition coefficient (Wildman–Crippen LogP) is 1.94. The van der Waals surface area contributed by atoms with E-state index in [2.05, 4.69) is 39.3 Å². The van der Waals surface area contributed by atoms with Crippen molar-refractivity contribution in [1.29, 1.82) is 5.26 Å². The minimum atomic E-state index is -0.606. The number of H-pyrrole nitrogens is 1. The lowest BCUT2D eigenvalue weighted by Crippen LogP contribution is -2.44. The highest BCUT2D eigenvalue weighted by Crippen LogP contribution is 2.40. The molecule has 5 rings (SSSR count). The Morgan fingerprint density at radius 2 is 2.14 bits per heavy atom. The van der Waals surface area contributed by atoms with Crippen LogP contribution in [0.3, 0.4) is 0 Å². The molecule has 3 aromatic heterocycles. The first-order valence-electron chi connectivity index (χ1n) is 9.94. The van der Waals surface area contributed by atoms with Crippen LogP contribution >= 0.6 is 0 Å². The van der Waals surface area contributed by atoms with Gasteiger partial charge in [0.05, 0.1) is 43.1 Å². The van der Waals surface area contributed by atoms with Crippen molar-refractivity contribution >= 4 is 16.9 Å². The van der Waals surface area contributed by atoms with Crippen LogP contribution in [0.5, 0.6) is 0 Å². The van der Waals surface area contributed by atoms with E-state index in [1.165, 1.54) is 0 Å². The highest BCUT2D eigenvalue weighted by molar-refractivity contribution is 5.84. The van der Waals surface area contributed by atoms with Crippen LogP contribution in [0, 0.1) is 11.3 Å². The molecular weight excluding hydrogens is 370 g/mol. The second-order valence-corrected chi connectivity index (χ2v) is 7.69. The van der Waals surface area contributed by atoms with Crippen molar-refractivity contribution in [2.75, 3.05) is 37.9 Å². The zero-order chi connectivity index (χ0) is 19.8. The summed E-state index contributed by atoms with van der Waals surface area (Å²) in [5.74, 6) is 1.59. The summed E-state index contributed by atoms with van der Waals surface area (Å²) < 4.78 is 12.9. The van der Waals surface area contributed by atoms with E-state index in [0.717, 1.165) is 34.8 Å². The van der Waals surface area contributed by atoms with E-state index in [1.807, 2.05) is 6.07 Å². The average molecular weight is 393 g/mol. The quantitative estimate of drug-likeness (QED) is 0.725. The number of nitriles is 1. The summed E-state index contributed by atoms with van der Waals surface area (Å²) in [6.07, 6.45) is 4.82. The highest BCUT2D eigenvalue weighted by atomic mass is 16.5. The number of hydrogen-bond donors (Lipinski definition) is 1. The smallest absolute Gasteiger partial charge is 0.167 e. The maximum atomic E-state index is 10.2. The third-order valence-electron chi connectivity index (χ3n) is 5.98. The van der Waals surface area contributed by atoms with Crippen LogP contribution in [-0.2, 0) is 14.9 Å². The molecule has 0 radical (unpaired) electrons. The fraction of sp³-hybridized carbons (Fsp3) is 0.500. The van der Waals surface area contributed by atoms with Crippen molar-refractivity contribution in [2.24, 2.45) is 0 Å². The van der Waals surface area contributed by atoms with Crippen LogP contribution in [0.25, 0.3) is 16.9 Å². The Bertz CT molecular complexity index is 1050. The number of rotatable bonds is 3. The van der Waals surface area contributed by atoms with Crippen LogP contribution in [-0.4, -0.2) is 64.0 Å². The number of morpholine rings is 1. The van der Waals surface area contributed by atoms with E-state index >= 15 is 0 Å². The first-order valence-corrected chi connectivity index (χ1v) is 9.94. The Balaban J connectivity index is 1.74. The molecular formula is C20H23N7O2. The third-order valence-corrected chi connectivity index (χ3v) is 5.98. The Morgan fingerprint density at radius 1 is 1.28 bits per heavy atom. The molecule has 150 valence electrons. The van der Waals surface area contributed by atoms with Gasteiger partial charge in [-0.15, -0.1) is 0 Å². The molecule has 2 fully saturated rings. The van der Waals surface area contributed by atoms with Crippen molar-refractivity contribution < 1.29 is 9.47 Å². The van der Waals surface area contributed by atoms with Crippen LogP contribution in [0.1, 0.15) is 25.3 Å². The molecule has 0 aromatic carbocycles. The number of nitrogens with zero attached hydrogens (tertiary/aromatic N) is 6. The summed E-state index contributed by atoms with van der Waals surface area (Å²) >= 11 is 0. The first kappa shape index (κ1) is 18.1. The van der Waals surface area contributed by atoms with E-state index < -0.39 is 5.41 Å². The van der Waals surface area contributed by atoms with Gasteiger partial charge in [-0.3, -0.25) is 5.10 Å². The molecule has 29 heavy (non-hydrogen) atoms. The van der Waals surface area contributed by atoms with Crippen LogP contribution in [0.2, 0.25) is 0 Å². The Hall–Kier alpha value is -2.96. The van der Waals surface area contributed by atoms with Gasteiger partial charge in [-0.05, 0) is 31.4 Å². The van der Waals surface area contributed by atoms with Gasteiger partial charge >= 0.3 is 0 Å². The van der Waals surface area contributed by atoms with Crippen LogP contribution in [0.15, 0.2) is 24.5 Å². The fourth-order valence-electron chi connectivity index (χ4n) is 4.30. The maximum Gasteiger partial charge on any atom is 0.167 e. The Morgan fingerprint density at radius 3 is 2.86 bits per heavy atom. The molecule has 0 aliphatic carbocycles. The second kappa shape index (κ2) is 7.13. The van der Waals surface area contributed by atoms with Crippen molar-refractivity contribution in [1.82, 2.24) is 25.0 Å². The molecule has 1 N–H and O–H groups in total. The van der Waals surface area contributed by atoms with Gasteiger partial charge in [0, 0.05) is 31.2 Å². The second-order valence-electron chi connectivity index (χ2n) is 7.69. The van der Waals surface area contributed by atoms with Gasteiger partial charge in [0.25, 0.3) is 0 Å². The number of aromatic amines is 1. The number of ether oxygens (including phenoxy) is 2. The van der Waals surface area contributed by atoms with Gasteiger partial charge in [0.1, 0.15) is 5.82 Å². The molecule has 2 saturated heterocycles. The van der Waals surface area contributed by atoms with E-state index in [1.54, 1.807) is 17.1 Å². The largest absolute Gasteiger partial charge is 0.381 e. The lowest BCUT2D eigenvalue weighted by molar-refractivity contribution is 0.0679. The standard InChI is InChI=1S/C20H23N7O2/c1-14-12-29-9-6-26(14)18-10-16(20(13-21)3-7-28-8-4-20)15-11-23-27(19(15)24-18)17-2-5-22-25-17/h2,5,10-11,14H,3-4,6-9,12H2,1H3,(H,22,25)/t14-/m1/s1. The topological polar surface area (TPSA) is 105 Å². The summed E-state index contributed by atoms with van der Waals surface area (Å²) in [4.78, 5) is 7.22. The molecule has 0 amide bonds. The van der Waals surface area contributed by atoms with Crippen LogP contribution < -0.4 is 4.90 Å².